The first-order chi connectivity index (χ1) is 9.38. The third-order valence-corrected chi connectivity index (χ3v) is 2.69. The van der Waals surface area contributed by atoms with E-state index < -0.39 is 5.97 Å². The van der Waals surface area contributed by atoms with Crippen molar-refractivity contribution in [1.82, 2.24) is 4.90 Å². The maximum atomic E-state index is 11.7. The van der Waals surface area contributed by atoms with E-state index in [4.69, 9.17) is 9.84 Å². The van der Waals surface area contributed by atoms with Gasteiger partial charge in [0.2, 0.25) is 0 Å². The number of esters is 1. The Labute approximate surface area is 119 Å². The van der Waals surface area contributed by atoms with Gasteiger partial charge in [-0.2, -0.15) is 0 Å². The minimum absolute atomic E-state index is 0.120. The van der Waals surface area contributed by atoms with Crippen molar-refractivity contribution >= 4 is 11.9 Å². The number of aliphatic carboxylic acids is 1. The number of hydrogen-bond acceptors (Lipinski definition) is 4. The molecule has 0 aliphatic carbocycles. The zero-order valence-electron chi connectivity index (χ0n) is 12.1. The van der Waals surface area contributed by atoms with Gasteiger partial charge in [0.05, 0.1) is 18.1 Å². The zero-order chi connectivity index (χ0) is 15.1. The van der Waals surface area contributed by atoms with E-state index in [9.17, 15) is 9.59 Å². The monoisotopic (exact) mass is 279 g/mol. The van der Waals surface area contributed by atoms with Gasteiger partial charge in [-0.05, 0) is 38.6 Å². The van der Waals surface area contributed by atoms with Gasteiger partial charge >= 0.3 is 11.9 Å². The van der Waals surface area contributed by atoms with Crippen LogP contribution in [0.15, 0.2) is 24.3 Å². The molecule has 0 heterocycles. The van der Waals surface area contributed by atoms with Crippen LogP contribution in [0.3, 0.4) is 0 Å². The third-order valence-electron chi connectivity index (χ3n) is 2.69. The Hall–Kier alpha value is -1.88. The van der Waals surface area contributed by atoms with Crippen LogP contribution in [0.4, 0.5) is 0 Å². The van der Waals surface area contributed by atoms with Crippen LogP contribution in [0.5, 0.6) is 0 Å². The molecule has 0 saturated heterocycles. The molecule has 0 saturated carbocycles. The fourth-order valence-electron chi connectivity index (χ4n) is 1.71. The molecule has 20 heavy (non-hydrogen) atoms. The summed E-state index contributed by atoms with van der Waals surface area (Å²) in [6, 6.07) is 7.17. The Kier molecular flexibility index (Phi) is 6.18. The van der Waals surface area contributed by atoms with E-state index >= 15 is 0 Å². The summed E-state index contributed by atoms with van der Waals surface area (Å²) in [6.45, 7) is 4.76. The van der Waals surface area contributed by atoms with E-state index in [1.165, 1.54) is 0 Å². The lowest BCUT2D eigenvalue weighted by Gasteiger charge is -2.15. The molecule has 1 aromatic rings. The molecule has 0 spiro atoms. The highest BCUT2D eigenvalue weighted by Crippen LogP contribution is 2.09. The van der Waals surface area contributed by atoms with E-state index in [0.29, 0.717) is 18.7 Å². The normalized spacial score (nSPS) is 10.8. The van der Waals surface area contributed by atoms with Crippen LogP contribution in [0, 0.1) is 0 Å². The zero-order valence-corrected chi connectivity index (χ0v) is 12.1. The Balaban J connectivity index is 2.54. The average Bonchev–Trinajstić information content (AvgIpc) is 2.36. The summed E-state index contributed by atoms with van der Waals surface area (Å²) in [5.41, 5.74) is 1.55. The van der Waals surface area contributed by atoms with E-state index in [-0.39, 0.29) is 18.5 Å². The minimum atomic E-state index is -0.802. The predicted octanol–water partition coefficient (Wildman–Crippen LogP) is 2.16. The van der Waals surface area contributed by atoms with Crippen molar-refractivity contribution < 1.29 is 19.4 Å². The van der Waals surface area contributed by atoms with Crippen LogP contribution in [-0.2, 0) is 16.1 Å². The van der Waals surface area contributed by atoms with Crippen LogP contribution in [0.2, 0.25) is 0 Å². The lowest BCUT2D eigenvalue weighted by molar-refractivity contribution is -0.137. The maximum absolute atomic E-state index is 11.7. The molecule has 0 amide bonds. The molecule has 5 nitrogen and oxygen atoms in total. The standard InChI is InChI=1S/C15H21NO4/c1-11(2)20-15(19)13-6-4-12(5-7-13)10-16(3)9-8-14(17)18/h4-7,11H,8-10H2,1-3H3,(H,17,18). The number of nitrogens with zero attached hydrogens (tertiary/aromatic N) is 1. The van der Waals surface area contributed by atoms with Gasteiger partial charge in [0.1, 0.15) is 0 Å². The molecular formula is C15H21NO4. The summed E-state index contributed by atoms with van der Waals surface area (Å²) in [5, 5.41) is 8.62. The van der Waals surface area contributed by atoms with Crippen molar-refractivity contribution in [2.45, 2.75) is 32.9 Å². The molecule has 1 aromatic carbocycles. The molecule has 0 atom stereocenters. The molecule has 0 unspecified atom stereocenters. The van der Waals surface area contributed by atoms with Gasteiger partial charge in [-0.15, -0.1) is 0 Å². The van der Waals surface area contributed by atoms with Crippen molar-refractivity contribution in [1.29, 1.82) is 0 Å². The molecule has 0 fully saturated rings. The SMILES string of the molecule is CC(C)OC(=O)c1ccc(CN(C)CCC(=O)O)cc1. The van der Waals surface area contributed by atoms with Crippen molar-refractivity contribution in [3.05, 3.63) is 35.4 Å². The number of benzene rings is 1. The fourth-order valence-corrected chi connectivity index (χ4v) is 1.71. The number of carbonyl (C=O) groups excluding carboxylic acids is 1. The fraction of sp³-hybridized carbons (Fsp3) is 0.467. The Morgan fingerprint density at radius 1 is 1.25 bits per heavy atom. The maximum Gasteiger partial charge on any atom is 0.338 e. The second-order valence-corrected chi connectivity index (χ2v) is 5.03. The van der Waals surface area contributed by atoms with Crippen molar-refractivity contribution in [2.75, 3.05) is 13.6 Å². The van der Waals surface area contributed by atoms with Crippen LogP contribution >= 0.6 is 0 Å². The van der Waals surface area contributed by atoms with Crippen molar-refractivity contribution in [3.63, 3.8) is 0 Å². The molecule has 5 heteroatoms. The first kappa shape index (κ1) is 16.2. The van der Waals surface area contributed by atoms with E-state index in [2.05, 4.69) is 0 Å². The average molecular weight is 279 g/mol. The number of carboxylic acid groups (broad SMARTS) is 1. The lowest BCUT2D eigenvalue weighted by Crippen LogP contribution is -2.21. The van der Waals surface area contributed by atoms with Gasteiger partial charge in [-0.25, -0.2) is 4.79 Å². The number of ether oxygens (including phenoxy) is 1. The number of hydrogen-bond donors (Lipinski definition) is 1. The molecule has 1 rings (SSSR count). The van der Waals surface area contributed by atoms with Crippen LogP contribution in [0.1, 0.15) is 36.2 Å². The van der Waals surface area contributed by atoms with E-state index in [1.54, 1.807) is 12.1 Å². The first-order valence-corrected chi connectivity index (χ1v) is 6.58. The summed E-state index contributed by atoms with van der Waals surface area (Å²) in [4.78, 5) is 24.1. The van der Waals surface area contributed by atoms with Gasteiger partial charge in [-0.1, -0.05) is 12.1 Å². The first-order valence-electron chi connectivity index (χ1n) is 6.58. The van der Waals surface area contributed by atoms with Crippen molar-refractivity contribution in [3.8, 4) is 0 Å². The summed E-state index contributed by atoms with van der Waals surface area (Å²) in [5.74, 6) is -1.13. The summed E-state index contributed by atoms with van der Waals surface area (Å²) >= 11 is 0. The smallest absolute Gasteiger partial charge is 0.338 e. The topological polar surface area (TPSA) is 66.8 Å². The second kappa shape index (κ2) is 7.65. The quantitative estimate of drug-likeness (QED) is 0.775. The number of rotatable bonds is 7. The number of carboxylic acids is 1. The summed E-state index contributed by atoms with van der Waals surface area (Å²) in [6.07, 6.45) is -0.0145. The van der Waals surface area contributed by atoms with Gasteiger partial charge in [0.15, 0.2) is 0 Å². The molecule has 110 valence electrons. The van der Waals surface area contributed by atoms with Crippen LogP contribution in [0.25, 0.3) is 0 Å². The molecule has 0 aliphatic heterocycles. The molecular weight excluding hydrogens is 258 g/mol. The molecule has 0 bridgehead atoms. The molecule has 0 aliphatic rings. The molecule has 0 aromatic heterocycles. The van der Waals surface area contributed by atoms with Gasteiger partial charge < -0.3 is 14.7 Å². The Morgan fingerprint density at radius 3 is 2.35 bits per heavy atom. The van der Waals surface area contributed by atoms with Gasteiger partial charge in [0, 0.05) is 13.1 Å². The van der Waals surface area contributed by atoms with Gasteiger partial charge in [-0.3, -0.25) is 4.79 Å². The van der Waals surface area contributed by atoms with Crippen molar-refractivity contribution in [2.24, 2.45) is 0 Å². The van der Waals surface area contributed by atoms with E-state index in [1.807, 2.05) is 37.9 Å². The highest BCUT2D eigenvalue weighted by Gasteiger charge is 2.09. The second-order valence-electron chi connectivity index (χ2n) is 5.03. The summed E-state index contributed by atoms with van der Waals surface area (Å²) < 4.78 is 5.11. The van der Waals surface area contributed by atoms with E-state index in [0.717, 1.165) is 5.56 Å². The number of carbonyl (C=O) groups is 2. The highest BCUT2D eigenvalue weighted by atomic mass is 16.5. The Bertz CT molecular complexity index is 453. The van der Waals surface area contributed by atoms with Gasteiger partial charge in [0.25, 0.3) is 0 Å². The largest absolute Gasteiger partial charge is 0.481 e. The van der Waals surface area contributed by atoms with Crippen LogP contribution in [-0.4, -0.2) is 41.6 Å². The van der Waals surface area contributed by atoms with Crippen LogP contribution < -0.4 is 0 Å². The summed E-state index contributed by atoms with van der Waals surface area (Å²) in [7, 11) is 1.86. The highest BCUT2D eigenvalue weighted by molar-refractivity contribution is 5.89. The third kappa shape index (κ3) is 5.84. The Morgan fingerprint density at radius 2 is 1.85 bits per heavy atom. The molecule has 1 N–H and O–H groups in total. The molecule has 0 radical (unpaired) electrons. The minimum Gasteiger partial charge on any atom is -0.481 e. The lowest BCUT2D eigenvalue weighted by atomic mass is 10.1. The predicted molar refractivity (Wildman–Crippen MR) is 75.6 cm³/mol.